The minimum Gasteiger partial charge on any atom is -0.376 e. The summed E-state index contributed by atoms with van der Waals surface area (Å²) in [6.07, 6.45) is 9.44. The van der Waals surface area contributed by atoms with E-state index in [1.165, 1.54) is 5.69 Å². The summed E-state index contributed by atoms with van der Waals surface area (Å²) in [5.41, 5.74) is 7.79. The van der Waals surface area contributed by atoms with Crippen LogP contribution in [0.3, 0.4) is 0 Å². The molecule has 6 rings (SSSR count). The normalized spacial score (nSPS) is 14.9. The molecule has 0 unspecified atom stereocenters. The zero-order valence-electron chi connectivity index (χ0n) is 19.6. The number of nitrogens with one attached hydrogen (secondary N) is 2. The molecule has 5 aromatic heterocycles. The van der Waals surface area contributed by atoms with Gasteiger partial charge < -0.3 is 19.7 Å². The standard InChI is InChI=1S/C25H27N9/c1-32(2)18-8-16(11-26-13-18)17-9-20-24(30-31-25(20)28-12-17)21-10-19-22(29-21)14-27-15-23(19)34-6-4-33(3)5-7-34/h8-15,29H,4-7H2,1-3H3,(H,28,30,31). The zero-order chi connectivity index (χ0) is 23.2. The van der Waals surface area contributed by atoms with Crippen LogP contribution >= 0.6 is 0 Å². The highest BCUT2D eigenvalue weighted by Gasteiger charge is 2.19. The maximum absolute atomic E-state index is 4.63. The van der Waals surface area contributed by atoms with Gasteiger partial charge >= 0.3 is 0 Å². The van der Waals surface area contributed by atoms with E-state index in [2.05, 4.69) is 65.2 Å². The molecule has 2 N–H and O–H groups in total. The van der Waals surface area contributed by atoms with Gasteiger partial charge in [-0.2, -0.15) is 5.10 Å². The van der Waals surface area contributed by atoms with Crippen molar-refractivity contribution in [3.8, 4) is 22.5 Å². The Hall–Kier alpha value is -3.98. The van der Waals surface area contributed by atoms with E-state index >= 15 is 0 Å². The van der Waals surface area contributed by atoms with Crippen molar-refractivity contribution in [1.29, 1.82) is 0 Å². The topological polar surface area (TPSA) is 92.9 Å². The van der Waals surface area contributed by atoms with Gasteiger partial charge in [0, 0.05) is 74.6 Å². The van der Waals surface area contributed by atoms with Gasteiger partial charge in [0.2, 0.25) is 0 Å². The molecule has 0 aliphatic carbocycles. The smallest absolute Gasteiger partial charge is 0.155 e. The van der Waals surface area contributed by atoms with Crippen LogP contribution in [0.2, 0.25) is 0 Å². The number of likely N-dealkylation sites (N-methyl/N-ethyl adjacent to an activating group) is 1. The molecule has 1 fully saturated rings. The van der Waals surface area contributed by atoms with Gasteiger partial charge in [0.1, 0.15) is 5.69 Å². The average Bonchev–Trinajstić information content (AvgIpc) is 3.48. The maximum atomic E-state index is 4.63. The molecule has 0 spiro atoms. The lowest BCUT2D eigenvalue weighted by Gasteiger charge is -2.34. The monoisotopic (exact) mass is 453 g/mol. The van der Waals surface area contributed by atoms with Gasteiger partial charge in [-0.3, -0.25) is 15.1 Å². The summed E-state index contributed by atoms with van der Waals surface area (Å²) in [4.78, 5) is 23.9. The fourth-order valence-electron chi connectivity index (χ4n) is 4.56. The fourth-order valence-corrected chi connectivity index (χ4v) is 4.56. The number of nitrogens with zero attached hydrogens (tertiary/aromatic N) is 7. The SMILES string of the molecule is CN1CCN(c2cncc3[nH]c(-c4n[nH]c5ncc(-c6cncc(N(C)C)c6)cc45)cc23)CC1. The second kappa shape index (κ2) is 8.11. The number of piperazine rings is 1. The van der Waals surface area contributed by atoms with Crippen molar-refractivity contribution in [3.63, 3.8) is 0 Å². The summed E-state index contributed by atoms with van der Waals surface area (Å²) in [5.74, 6) is 0. The van der Waals surface area contributed by atoms with Gasteiger partial charge in [-0.25, -0.2) is 4.98 Å². The van der Waals surface area contributed by atoms with Crippen LogP contribution in [0.5, 0.6) is 0 Å². The zero-order valence-corrected chi connectivity index (χ0v) is 19.6. The van der Waals surface area contributed by atoms with Crippen molar-refractivity contribution >= 4 is 33.3 Å². The highest BCUT2D eigenvalue weighted by Crippen LogP contribution is 2.34. The highest BCUT2D eigenvalue weighted by atomic mass is 15.3. The first kappa shape index (κ1) is 20.6. The Bertz CT molecular complexity index is 1470. The first-order chi connectivity index (χ1) is 16.6. The van der Waals surface area contributed by atoms with E-state index in [0.717, 1.165) is 76.3 Å². The minimum absolute atomic E-state index is 0.756. The van der Waals surface area contributed by atoms with E-state index in [0.29, 0.717) is 0 Å². The van der Waals surface area contributed by atoms with E-state index in [-0.39, 0.29) is 0 Å². The fraction of sp³-hybridized carbons (Fsp3) is 0.280. The van der Waals surface area contributed by atoms with Crippen LogP contribution in [-0.2, 0) is 0 Å². The third-order valence-corrected chi connectivity index (χ3v) is 6.61. The Labute approximate surface area is 197 Å². The third-order valence-electron chi connectivity index (χ3n) is 6.61. The van der Waals surface area contributed by atoms with Gasteiger partial charge in [-0.15, -0.1) is 0 Å². The average molecular weight is 454 g/mol. The van der Waals surface area contributed by atoms with E-state index in [1.807, 2.05) is 50.0 Å². The molecule has 0 amide bonds. The van der Waals surface area contributed by atoms with Crippen LogP contribution < -0.4 is 9.80 Å². The molecule has 0 aromatic carbocycles. The lowest BCUT2D eigenvalue weighted by molar-refractivity contribution is 0.313. The Balaban J connectivity index is 1.42. The number of H-pyrrole nitrogens is 2. The molecule has 9 heteroatoms. The Morgan fingerprint density at radius 1 is 0.853 bits per heavy atom. The molecule has 0 saturated carbocycles. The summed E-state index contributed by atoms with van der Waals surface area (Å²) < 4.78 is 0. The summed E-state index contributed by atoms with van der Waals surface area (Å²) in [6, 6.07) is 6.43. The number of aromatic nitrogens is 6. The quantitative estimate of drug-likeness (QED) is 0.431. The number of aromatic amines is 2. The minimum atomic E-state index is 0.756. The van der Waals surface area contributed by atoms with Crippen molar-refractivity contribution in [2.45, 2.75) is 0 Å². The van der Waals surface area contributed by atoms with Crippen LogP contribution in [-0.4, -0.2) is 82.4 Å². The maximum Gasteiger partial charge on any atom is 0.155 e. The van der Waals surface area contributed by atoms with Gasteiger partial charge in [-0.05, 0) is 25.2 Å². The molecule has 0 bridgehead atoms. The van der Waals surface area contributed by atoms with Crippen molar-refractivity contribution in [2.24, 2.45) is 0 Å². The predicted octanol–water partition coefficient (Wildman–Crippen LogP) is 3.38. The largest absolute Gasteiger partial charge is 0.376 e. The molecule has 0 radical (unpaired) electrons. The predicted molar refractivity (Wildman–Crippen MR) is 136 cm³/mol. The van der Waals surface area contributed by atoms with Crippen LogP contribution in [0, 0.1) is 0 Å². The molecule has 0 atom stereocenters. The molecule has 6 heterocycles. The van der Waals surface area contributed by atoms with Crippen LogP contribution in [0.15, 0.2) is 49.2 Å². The summed E-state index contributed by atoms with van der Waals surface area (Å²) in [6.45, 7) is 4.10. The van der Waals surface area contributed by atoms with E-state index in [4.69, 9.17) is 0 Å². The summed E-state index contributed by atoms with van der Waals surface area (Å²) in [5, 5.41) is 9.83. The van der Waals surface area contributed by atoms with E-state index < -0.39 is 0 Å². The lowest BCUT2D eigenvalue weighted by atomic mass is 10.1. The van der Waals surface area contributed by atoms with Gasteiger partial charge in [-0.1, -0.05) is 0 Å². The first-order valence-electron chi connectivity index (χ1n) is 11.4. The van der Waals surface area contributed by atoms with Crippen LogP contribution in [0.1, 0.15) is 0 Å². The molecule has 1 aliphatic heterocycles. The van der Waals surface area contributed by atoms with Gasteiger partial charge in [0.25, 0.3) is 0 Å². The molecule has 172 valence electrons. The molecule has 34 heavy (non-hydrogen) atoms. The molecule has 9 nitrogen and oxygen atoms in total. The number of fused-ring (bicyclic) bond motifs is 2. The van der Waals surface area contributed by atoms with Crippen LogP contribution in [0.4, 0.5) is 11.4 Å². The number of rotatable bonds is 4. The van der Waals surface area contributed by atoms with Gasteiger partial charge in [0.05, 0.1) is 41.2 Å². The Morgan fingerprint density at radius 2 is 1.65 bits per heavy atom. The van der Waals surface area contributed by atoms with Crippen molar-refractivity contribution < 1.29 is 0 Å². The highest BCUT2D eigenvalue weighted by molar-refractivity contribution is 5.99. The number of hydrogen-bond acceptors (Lipinski definition) is 7. The van der Waals surface area contributed by atoms with Gasteiger partial charge in [0.15, 0.2) is 5.65 Å². The second-order valence-electron chi connectivity index (χ2n) is 9.11. The number of hydrogen-bond donors (Lipinski definition) is 2. The Kier molecular flexibility index (Phi) is 4.91. The van der Waals surface area contributed by atoms with Crippen molar-refractivity contribution in [1.82, 2.24) is 35.0 Å². The second-order valence-corrected chi connectivity index (χ2v) is 9.11. The van der Waals surface area contributed by atoms with Crippen molar-refractivity contribution in [2.75, 3.05) is 57.1 Å². The summed E-state index contributed by atoms with van der Waals surface area (Å²) in [7, 11) is 6.19. The Morgan fingerprint density at radius 3 is 2.47 bits per heavy atom. The lowest BCUT2D eigenvalue weighted by Crippen LogP contribution is -2.44. The van der Waals surface area contributed by atoms with E-state index in [9.17, 15) is 0 Å². The molecule has 1 saturated heterocycles. The summed E-state index contributed by atoms with van der Waals surface area (Å²) >= 11 is 0. The molecule has 5 aromatic rings. The van der Waals surface area contributed by atoms with E-state index in [1.54, 1.807) is 0 Å². The first-order valence-corrected chi connectivity index (χ1v) is 11.4. The number of pyridine rings is 3. The molecular weight excluding hydrogens is 426 g/mol. The third kappa shape index (κ3) is 3.54. The molecule has 1 aliphatic rings. The van der Waals surface area contributed by atoms with Crippen molar-refractivity contribution in [3.05, 3.63) is 49.2 Å². The number of anilines is 2. The van der Waals surface area contributed by atoms with Crippen LogP contribution in [0.25, 0.3) is 44.5 Å². The molecular formula is C25H27N9.